The van der Waals surface area contributed by atoms with E-state index in [0.717, 1.165) is 28.7 Å². The van der Waals surface area contributed by atoms with Crippen molar-refractivity contribution < 1.29 is 28.9 Å². The molecule has 0 heterocycles. The summed E-state index contributed by atoms with van der Waals surface area (Å²) in [5, 5.41) is 12.4. The lowest BCUT2D eigenvalue weighted by molar-refractivity contribution is -0.139. The molecule has 4 rings (SSSR count). The molecule has 1 aliphatic carbocycles. The number of rotatable bonds is 10. The third kappa shape index (κ3) is 5.33. The molecule has 0 aliphatic heterocycles. The van der Waals surface area contributed by atoms with E-state index in [2.05, 4.69) is 33.4 Å². The van der Waals surface area contributed by atoms with E-state index in [-0.39, 0.29) is 12.5 Å². The number of hydrogen-bond donors (Lipinski definition) is 2. The van der Waals surface area contributed by atoms with E-state index < -0.39 is 18.1 Å². The summed E-state index contributed by atoms with van der Waals surface area (Å²) in [5.41, 5.74) is 4.71. The van der Waals surface area contributed by atoms with Crippen molar-refractivity contribution in [2.45, 2.75) is 32.2 Å². The van der Waals surface area contributed by atoms with Gasteiger partial charge in [0.25, 0.3) is 0 Å². The van der Waals surface area contributed by atoms with Gasteiger partial charge in [-0.05, 0) is 69.2 Å². The van der Waals surface area contributed by atoms with E-state index >= 15 is 0 Å². The topological polar surface area (TPSA) is 94.1 Å². The van der Waals surface area contributed by atoms with Gasteiger partial charge in [0.2, 0.25) is 0 Å². The molecule has 0 radical (unpaired) electrons. The SMILES string of the molecule is CCCOc1c(Br)cc(C(NC(=O)OCC2c3ccccc3-c3ccccc32)C(=O)O)cc1OCC. The molecule has 7 nitrogen and oxygen atoms in total. The van der Waals surface area contributed by atoms with Gasteiger partial charge in [0.15, 0.2) is 17.5 Å². The Kier molecular flexibility index (Phi) is 8.15. The van der Waals surface area contributed by atoms with Crippen LogP contribution in [0.5, 0.6) is 11.5 Å². The number of ether oxygens (including phenoxy) is 3. The molecule has 3 aromatic rings. The normalized spacial score (nSPS) is 12.9. The fraction of sp³-hybridized carbons (Fsp3) is 0.286. The molecule has 1 unspecified atom stereocenters. The molecule has 0 saturated carbocycles. The van der Waals surface area contributed by atoms with Crippen LogP contribution in [0.1, 0.15) is 48.9 Å². The summed E-state index contributed by atoms with van der Waals surface area (Å²) in [6, 6.07) is 17.9. The molecular formula is C28H28BrNO6. The Morgan fingerprint density at radius 1 is 1.00 bits per heavy atom. The number of carboxylic acids is 1. The van der Waals surface area contributed by atoms with Crippen LogP contribution >= 0.6 is 15.9 Å². The standard InChI is InChI=1S/C28H28BrNO6/c1-3-13-35-26-23(29)14-17(15-24(26)34-4-2)25(27(31)32)30-28(33)36-16-22-20-11-7-5-9-18(20)19-10-6-8-12-21(19)22/h5-12,14-15,22,25H,3-4,13,16H2,1-2H3,(H,30,33)(H,31,32). The Bertz CT molecular complexity index is 1220. The number of alkyl carbamates (subject to hydrolysis) is 1. The third-order valence-electron chi connectivity index (χ3n) is 5.97. The molecule has 8 heteroatoms. The Labute approximate surface area is 218 Å². The van der Waals surface area contributed by atoms with Gasteiger partial charge in [-0.2, -0.15) is 0 Å². The number of benzene rings is 3. The van der Waals surface area contributed by atoms with Crippen LogP contribution in [0.25, 0.3) is 11.1 Å². The molecule has 36 heavy (non-hydrogen) atoms. The average Bonchev–Trinajstić information content (AvgIpc) is 3.19. The number of amides is 1. The monoisotopic (exact) mass is 553 g/mol. The molecule has 0 spiro atoms. The number of hydrogen-bond acceptors (Lipinski definition) is 5. The number of halogens is 1. The van der Waals surface area contributed by atoms with Gasteiger partial charge < -0.3 is 24.6 Å². The first-order chi connectivity index (χ1) is 17.4. The zero-order valence-corrected chi connectivity index (χ0v) is 21.7. The lowest BCUT2D eigenvalue weighted by Crippen LogP contribution is -2.35. The first-order valence-electron chi connectivity index (χ1n) is 11.9. The smallest absolute Gasteiger partial charge is 0.408 e. The second-order valence-corrected chi connectivity index (χ2v) is 9.21. The number of carboxylic acid groups (broad SMARTS) is 1. The summed E-state index contributed by atoms with van der Waals surface area (Å²) in [7, 11) is 0. The van der Waals surface area contributed by atoms with Crippen molar-refractivity contribution in [1.82, 2.24) is 5.32 Å². The molecule has 0 saturated heterocycles. The van der Waals surface area contributed by atoms with E-state index in [4.69, 9.17) is 14.2 Å². The summed E-state index contributed by atoms with van der Waals surface area (Å²) in [6.07, 6.45) is -0.00874. The molecule has 1 atom stereocenters. The van der Waals surface area contributed by atoms with Crippen LogP contribution in [0.3, 0.4) is 0 Å². The number of carbonyl (C=O) groups is 2. The van der Waals surface area contributed by atoms with Crippen molar-refractivity contribution in [2.24, 2.45) is 0 Å². The molecule has 2 N–H and O–H groups in total. The van der Waals surface area contributed by atoms with Crippen LogP contribution in [0.15, 0.2) is 65.1 Å². The molecule has 1 amide bonds. The van der Waals surface area contributed by atoms with Crippen LogP contribution < -0.4 is 14.8 Å². The average molecular weight is 554 g/mol. The maximum absolute atomic E-state index is 12.8. The second-order valence-electron chi connectivity index (χ2n) is 8.35. The highest BCUT2D eigenvalue weighted by atomic mass is 79.9. The highest BCUT2D eigenvalue weighted by Crippen LogP contribution is 2.44. The van der Waals surface area contributed by atoms with Crippen molar-refractivity contribution in [3.8, 4) is 22.6 Å². The number of carbonyl (C=O) groups excluding carboxylic acids is 1. The minimum absolute atomic E-state index is 0.0872. The van der Waals surface area contributed by atoms with E-state index in [1.807, 2.05) is 50.2 Å². The minimum atomic E-state index is -1.34. The fourth-order valence-electron chi connectivity index (χ4n) is 4.41. The van der Waals surface area contributed by atoms with Gasteiger partial charge in [-0.15, -0.1) is 0 Å². The van der Waals surface area contributed by atoms with Crippen molar-refractivity contribution in [1.29, 1.82) is 0 Å². The predicted octanol–water partition coefficient (Wildman–Crippen LogP) is 6.30. The van der Waals surface area contributed by atoms with Gasteiger partial charge in [-0.1, -0.05) is 55.5 Å². The van der Waals surface area contributed by atoms with E-state index in [1.165, 1.54) is 0 Å². The zero-order valence-electron chi connectivity index (χ0n) is 20.1. The first-order valence-corrected chi connectivity index (χ1v) is 12.7. The number of fused-ring (bicyclic) bond motifs is 3. The van der Waals surface area contributed by atoms with Gasteiger partial charge in [-0.3, -0.25) is 0 Å². The zero-order chi connectivity index (χ0) is 25.7. The molecule has 0 aromatic heterocycles. The minimum Gasteiger partial charge on any atom is -0.490 e. The maximum atomic E-state index is 12.8. The first kappa shape index (κ1) is 25.6. The lowest BCUT2D eigenvalue weighted by atomic mass is 9.98. The molecule has 0 fully saturated rings. The highest BCUT2D eigenvalue weighted by molar-refractivity contribution is 9.10. The van der Waals surface area contributed by atoms with Crippen molar-refractivity contribution in [2.75, 3.05) is 19.8 Å². The molecule has 188 valence electrons. The van der Waals surface area contributed by atoms with Crippen LogP contribution in [0.2, 0.25) is 0 Å². The van der Waals surface area contributed by atoms with Gasteiger partial charge in [0, 0.05) is 5.92 Å². The summed E-state index contributed by atoms with van der Waals surface area (Å²) in [5.74, 6) is -0.455. The Morgan fingerprint density at radius 3 is 2.22 bits per heavy atom. The largest absolute Gasteiger partial charge is 0.490 e. The van der Waals surface area contributed by atoms with Crippen LogP contribution in [-0.4, -0.2) is 37.0 Å². The molecule has 1 aliphatic rings. The van der Waals surface area contributed by atoms with Crippen LogP contribution in [0, 0.1) is 0 Å². The van der Waals surface area contributed by atoms with Crippen molar-refractivity contribution >= 4 is 28.0 Å². The molecular weight excluding hydrogens is 526 g/mol. The maximum Gasteiger partial charge on any atom is 0.408 e. The van der Waals surface area contributed by atoms with Crippen LogP contribution in [0.4, 0.5) is 4.79 Å². The summed E-state index contributed by atoms with van der Waals surface area (Å²) < 4.78 is 17.5. The second kappa shape index (κ2) is 11.5. The number of nitrogens with one attached hydrogen (secondary N) is 1. The fourth-order valence-corrected chi connectivity index (χ4v) is 4.98. The van der Waals surface area contributed by atoms with Crippen molar-refractivity contribution in [3.05, 3.63) is 81.8 Å². The predicted molar refractivity (Wildman–Crippen MR) is 140 cm³/mol. The third-order valence-corrected chi connectivity index (χ3v) is 6.56. The number of aliphatic carboxylic acids is 1. The van der Waals surface area contributed by atoms with Gasteiger partial charge in [-0.25, -0.2) is 9.59 Å². The summed E-state index contributed by atoms with van der Waals surface area (Å²) in [4.78, 5) is 24.9. The quantitative estimate of drug-likeness (QED) is 0.306. The van der Waals surface area contributed by atoms with Gasteiger partial charge >= 0.3 is 12.1 Å². The highest BCUT2D eigenvalue weighted by Gasteiger charge is 2.30. The Morgan fingerprint density at radius 2 is 1.64 bits per heavy atom. The van der Waals surface area contributed by atoms with Crippen LogP contribution in [-0.2, 0) is 9.53 Å². The van der Waals surface area contributed by atoms with Crippen molar-refractivity contribution in [3.63, 3.8) is 0 Å². The van der Waals surface area contributed by atoms with E-state index in [1.54, 1.807) is 12.1 Å². The molecule has 0 bridgehead atoms. The Hall–Kier alpha value is -3.52. The summed E-state index contributed by atoms with van der Waals surface area (Å²) in [6.45, 7) is 4.76. The van der Waals surface area contributed by atoms with Gasteiger partial charge in [0.1, 0.15) is 6.61 Å². The van der Waals surface area contributed by atoms with Gasteiger partial charge in [0.05, 0.1) is 17.7 Å². The van der Waals surface area contributed by atoms with E-state index in [9.17, 15) is 14.7 Å². The summed E-state index contributed by atoms with van der Waals surface area (Å²) >= 11 is 3.45. The molecule has 3 aromatic carbocycles. The van der Waals surface area contributed by atoms with E-state index in [0.29, 0.717) is 34.7 Å². The Balaban J connectivity index is 1.51. The lowest BCUT2D eigenvalue weighted by Gasteiger charge is -2.20.